The van der Waals surface area contributed by atoms with E-state index < -0.39 is 29.6 Å². The number of fused-ring (bicyclic) bond motifs is 1. The summed E-state index contributed by atoms with van der Waals surface area (Å²) in [6.07, 6.45) is 1.51. The highest BCUT2D eigenvalue weighted by molar-refractivity contribution is 6.03. The molecule has 0 aliphatic rings. The molecule has 0 saturated carbocycles. The first-order valence-electron chi connectivity index (χ1n) is 13.4. The molecule has 0 radical (unpaired) electrons. The van der Waals surface area contributed by atoms with Gasteiger partial charge in [0.15, 0.2) is 0 Å². The fourth-order valence-electron chi connectivity index (χ4n) is 4.32. The number of ether oxygens (including phenoxy) is 2. The molecule has 1 aromatic heterocycles. The zero-order valence-corrected chi connectivity index (χ0v) is 23.5. The highest BCUT2D eigenvalue weighted by atomic mass is 16.6. The van der Waals surface area contributed by atoms with E-state index in [1.54, 1.807) is 45.2 Å². The van der Waals surface area contributed by atoms with Crippen molar-refractivity contribution in [2.24, 2.45) is 0 Å². The molecule has 0 aliphatic carbocycles. The monoisotopic (exact) mass is 553 g/mol. The van der Waals surface area contributed by atoms with Crippen molar-refractivity contribution in [1.29, 1.82) is 0 Å². The number of hydrogen-bond acceptors (Lipinski definition) is 5. The van der Waals surface area contributed by atoms with E-state index in [1.165, 1.54) is 0 Å². The number of carbonyl (C=O) groups is 3. The van der Waals surface area contributed by atoms with Gasteiger partial charge in [0.25, 0.3) is 0 Å². The SMILES string of the molecule is C=C(c1c[nH]c2ccccc12)[C@H](NC(=O)OC(C)(C)C)C(=O)NCCc1cccc(C(=O)OCc2ccccc2)c1. The zero-order valence-electron chi connectivity index (χ0n) is 23.5. The molecule has 212 valence electrons. The summed E-state index contributed by atoms with van der Waals surface area (Å²) in [6, 6.07) is 23.2. The molecule has 0 aliphatic heterocycles. The van der Waals surface area contributed by atoms with Crippen molar-refractivity contribution in [2.45, 2.75) is 45.4 Å². The second-order valence-electron chi connectivity index (χ2n) is 10.7. The van der Waals surface area contributed by atoms with Gasteiger partial charge in [-0.15, -0.1) is 0 Å². The molecule has 0 bridgehead atoms. The van der Waals surface area contributed by atoms with Crippen molar-refractivity contribution >= 4 is 34.4 Å². The van der Waals surface area contributed by atoms with Crippen LogP contribution in [0.4, 0.5) is 4.79 Å². The van der Waals surface area contributed by atoms with Crippen LogP contribution in [-0.4, -0.2) is 41.1 Å². The summed E-state index contributed by atoms with van der Waals surface area (Å²) in [6.45, 7) is 9.87. The van der Waals surface area contributed by atoms with Crippen LogP contribution in [0.1, 0.15) is 47.8 Å². The van der Waals surface area contributed by atoms with Gasteiger partial charge >= 0.3 is 12.1 Å². The van der Waals surface area contributed by atoms with Gasteiger partial charge < -0.3 is 25.1 Å². The first kappa shape index (κ1) is 29.1. The van der Waals surface area contributed by atoms with Crippen molar-refractivity contribution in [3.63, 3.8) is 0 Å². The number of H-pyrrole nitrogens is 1. The third kappa shape index (κ3) is 8.08. The third-order valence-corrected chi connectivity index (χ3v) is 6.30. The Kier molecular flexibility index (Phi) is 9.24. The van der Waals surface area contributed by atoms with E-state index in [-0.39, 0.29) is 13.2 Å². The minimum absolute atomic E-state index is 0.187. The first-order chi connectivity index (χ1) is 19.6. The number of esters is 1. The molecule has 41 heavy (non-hydrogen) atoms. The van der Waals surface area contributed by atoms with Crippen molar-refractivity contribution in [3.05, 3.63) is 114 Å². The molecule has 0 spiro atoms. The van der Waals surface area contributed by atoms with E-state index in [1.807, 2.05) is 60.7 Å². The second kappa shape index (κ2) is 13.0. The topological polar surface area (TPSA) is 110 Å². The van der Waals surface area contributed by atoms with Crippen LogP contribution < -0.4 is 10.6 Å². The van der Waals surface area contributed by atoms with Crippen molar-refractivity contribution < 1.29 is 23.9 Å². The number of alkyl carbamates (subject to hydrolysis) is 1. The standard InChI is InChI=1S/C33H35N3O5/c1-22(27-20-35-28-16-9-8-15-26(27)28)29(36-32(39)41-33(2,3)4)30(37)34-18-17-23-13-10-14-25(19-23)31(38)40-21-24-11-6-5-7-12-24/h5-16,19-20,29,35H,1,17-18,21H2,2-4H3,(H,34,37)(H,36,39)/t29-/m0/s1. The molecule has 1 atom stereocenters. The van der Waals surface area contributed by atoms with Crippen LogP contribution in [-0.2, 0) is 27.3 Å². The van der Waals surface area contributed by atoms with Crippen LogP contribution >= 0.6 is 0 Å². The normalized spacial score (nSPS) is 11.9. The smallest absolute Gasteiger partial charge is 0.408 e. The summed E-state index contributed by atoms with van der Waals surface area (Å²) in [5.41, 5.74) is 3.49. The lowest BCUT2D eigenvalue weighted by Crippen LogP contribution is -2.49. The lowest BCUT2D eigenvalue weighted by molar-refractivity contribution is -0.121. The molecule has 2 amide bonds. The number of carbonyl (C=O) groups excluding carboxylic acids is 3. The van der Waals surface area contributed by atoms with E-state index in [0.717, 1.165) is 27.6 Å². The minimum Gasteiger partial charge on any atom is -0.457 e. The van der Waals surface area contributed by atoms with Crippen molar-refractivity contribution in [3.8, 4) is 0 Å². The summed E-state index contributed by atoms with van der Waals surface area (Å²) in [5, 5.41) is 6.45. The maximum absolute atomic E-state index is 13.4. The number of nitrogens with one attached hydrogen (secondary N) is 3. The van der Waals surface area contributed by atoms with Crippen LogP contribution in [0.25, 0.3) is 16.5 Å². The number of benzene rings is 3. The highest BCUT2D eigenvalue weighted by Gasteiger charge is 2.28. The molecule has 4 aromatic rings. The Morgan fingerprint density at radius 1 is 0.927 bits per heavy atom. The predicted molar refractivity (Wildman–Crippen MR) is 159 cm³/mol. The Morgan fingerprint density at radius 2 is 1.63 bits per heavy atom. The highest BCUT2D eigenvalue weighted by Crippen LogP contribution is 2.26. The molecule has 4 rings (SSSR count). The second-order valence-corrected chi connectivity index (χ2v) is 10.7. The Balaban J connectivity index is 1.41. The molecule has 3 N–H and O–H groups in total. The van der Waals surface area contributed by atoms with Crippen LogP contribution in [0, 0.1) is 0 Å². The lowest BCUT2D eigenvalue weighted by atomic mass is 9.98. The van der Waals surface area contributed by atoms with E-state index in [4.69, 9.17) is 9.47 Å². The lowest BCUT2D eigenvalue weighted by Gasteiger charge is -2.24. The Labute approximate surface area is 239 Å². The van der Waals surface area contributed by atoms with Crippen molar-refractivity contribution in [2.75, 3.05) is 6.54 Å². The maximum atomic E-state index is 13.4. The summed E-state index contributed by atoms with van der Waals surface area (Å²) < 4.78 is 10.8. The predicted octanol–water partition coefficient (Wildman–Crippen LogP) is 5.79. The molecule has 3 aromatic carbocycles. The first-order valence-corrected chi connectivity index (χ1v) is 13.4. The maximum Gasteiger partial charge on any atom is 0.408 e. The van der Waals surface area contributed by atoms with Crippen LogP contribution in [0.15, 0.2) is 91.6 Å². The Bertz CT molecular complexity index is 1540. The Morgan fingerprint density at radius 3 is 2.39 bits per heavy atom. The summed E-state index contributed by atoms with van der Waals surface area (Å²) in [5.74, 6) is -0.846. The fourth-order valence-corrected chi connectivity index (χ4v) is 4.32. The van der Waals surface area contributed by atoms with Gasteiger partial charge in [0.05, 0.1) is 5.56 Å². The number of aromatic amines is 1. The van der Waals surface area contributed by atoms with E-state index in [2.05, 4.69) is 22.2 Å². The summed E-state index contributed by atoms with van der Waals surface area (Å²) in [4.78, 5) is 41.8. The van der Waals surface area contributed by atoms with Gasteiger partial charge in [-0.25, -0.2) is 9.59 Å². The van der Waals surface area contributed by atoms with Gasteiger partial charge in [-0.1, -0.05) is 67.2 Å². The van der Waals surface area contributed by atoms with Gasteiger partial charge in [-0.3, -0.25) is 4.79 Å². The molecular weight excluding hydrogens is 518 g/mol. The van der Waals surface area contributed by atoms with Gasteiger partial charge in [0, 0.05) is 29.2 Å². The molecule has 0 fully saturated rings. The van der Waals surface area contributed by atoms with Crippen molar-refractivity contribution in [1.82, 2.24) is 15.6 Å². The average Bonchev–Trinajstić information content (AvgIpc) is 3.38. The van der Waals surface area contributed by atoms with Gasteiger partial charge in [-0.2, -0.15) is 0 Å². The average molecular weight is 554 g/mol. The summed E-state index contributed by atoms with van der Waals surface area (Å²) >= 11 is 0. The Hall–Kier alpha value is -4.85. The third-order valence-electron chi connectivity index (χ3n) is 6.30. The van der Waals surface area contributed by atoms with Gasteiger partial charge in [0.1, 0.15) is 18.2 Å². The van der Waals surface area contributed by atoms with Crippen LogP contribution in [0.3, 0.4) is 0 Å². The largest absolute Gasteiger partial charge is 0.457 e. The van der Waals surface area contributed by atoms with Crippen LogP contribution in [0.2, 0.25) is 0 Å². The van der Waals surface area contributed by atoms with E-state index >= 15 is 0 Å². The molecule has 8 heteroatoms. The van der Waals surface area contributed by atoms with E-state index in [9.17, 15) is 14.4 Å². The number of rotatable bonds is 10. The number of para-hydroxylation sites is 1. The molecule has 1 heterocycles. The van der Waals surface area contributed by atoms with Crippen LogP contribution in [0.5, 0.6) is 0 Å². The fraction of sp³-hybridized carbons (Fsp3) is 0.242. The molecular formula is C33H35N3O5. The zero-order chi connectivity index (χ0) is 29.4. The summed E-state index contributed by atoms with van der Waals surface area (Å²) in [7, 11) is 0. The minimum atomic E-state index is -1.07. The van der Waals surface area contributed by atoms with Gasteiger partial charge in [0.2, 0.25) is 5.91 Å². The number of hydrogen-bond donors (Lipinski definition) is 3. The van der Waals surface area contributed by atoms with E-state index in [0.29, 0.717) is 17.6 Å². The van der Waals surface area contributed by atoms with Gasteiger partial charge in [-0.05, 0) is 62.1 Å². The number of amides is 2. The number of aromatic nitrogens is 1. The molecule has 0 unspecified atom stereocenters. The quantitative estimate of drug-likeness (QED) is 0.215. The molecule has 8 nitrogen and oxygen atoms in total. The molecule has 0 saturated heterocycles.